The average Bonchev–Trinajstić information content (AvgIpc) is 2.17. The first-order chi connectivity index (χ1) is 7.44. The van der Waals surface area contributed by atoms with E-state index >= 15 is 0 Å². The van der Waals surface area contributed by atoms with Gasteiger partial charge in [-0.05, 0) is 13.8 Å². The third-order valence-corrected chi connectivity index (χ3v) is 2.12. The van der Waals surface area contributed by atoms with E-state index in [0.717, 1.165) is 0 Å². The Bertz CT molecular complexity index is 323. The zero-order chi connectivity index (χ0) is 12.2. The molecule has 16 heavy (non-hydrogen) atoms. The molecule has 0 aliphatic carbocycles. The van der Waals surface area contributed by atoms with Gasteiger partial charge in [0.25, 0.3) is 5.91 Å². The van der Waals surface area contributed by atoms with Crippen molar-refractivity contribution in [1.29, 1.82) is 0 Å². The van der Waals surface area contributed by atoms with E-state index < -0.39 is 5.54 Å². The number of rotatable bonds is 4. The summed E-state index contributed by atoms with van der Waals surface area (Å²) in [5, 5.41) is 6.51. The minimum atomic E-state index is -0.449. The molecular weight excluding hydrogens is 210 g/mol. The second-order valence-corrected chi connectivity index (χ2v) is 4.36. The molecule has 0 aromatic heterocycles. The highest BCUT2D eigenvalue weighted by molar-refractivity contribution is 6.39. The van der Waals surface area contributed by atoms with Gasteiger partial charge in [0.2, 0.25) is 5.91 Å². The maximum Gasteiger partial charge on any atom is 0.267 e. The smallest absolute Gasteiger partial charge is 0.267 e. The highest BCUT2D eigenvalue weighted by atomic mass is 16.5. The van der Waals surface area contributed by atoms with Crippen molar-refractivity contribution in [2.45, 2.75) is 32.2 Å². The number of methoxy groups -OCH3 is 1. The zero-order valence-corrected chi connectivity index (χ0v) is 9.79. The first-order valence-electron chi connectivity index (χ1n) is 5.11. The summed E-state index contributed by atoms with van der Waals surface area (Å²) in [6, 6.07) is 0. The summed E-state index contributed by atoms with van der Waals surface area (Å²) in [4.78, 5) is 22.6. The molecule has 0 fully saturated rings. The van der Waals surface area contributed by atoms with Crippen LogP contribution in [0.4, 0.5) is 0 Å². The fourth-order valence-corrected chi connectivity index (χ4v) is 1.41. The predicted octanol–water partition coefficient (Wildman–Crippen LogP) is -0.206. The lowest BCUT2D eigenvalue weighted by atomic mass is 10.1. The predicted molar refractivity (Wildman–Crippen MR) is 58.9 cm³/mol. The number of carbonyl (C=O) groups is 2. The van der Waals surface area contributed by atoms with Crippen LogP contribution in [0.3, 0.4) is 0 Å². The van der Waals surface area contributed by atoms with Gasteiger partial charge in [-0.25, -0.2) is 5.43 Å². The number of amides is 2. The lowest BCUT2D eigenvalue weighted by Gasteiger charge is -2.25. The Labute approximate surface area is 94.4 Å². The van der Waals surface area contributed by atoms with Crippen molar-refractivity contribution in [3.63, 3.8) is 0 Å². The van der Waals surface area contributed by atoms with Crippen LogP contribution in [0, 0.1) is 0 Å². The maximum absolute atomic E-state index is 11.7. The van der Waals surface area contributed by atoms with Crippen LogP contribution in [0.15, 0.2) is 5.10 Å². The number of hydrogen-bond donors (Lipinski definition) is 2. The molecule has 6 heteroatoms. The summed E-state index contributed by atoms with van der Waals surface area (Å²) in [5.74, 6) is -0.422. The topological polar surface area (TPSA) is 79.8 Å². The molecule has 1 aliphatic heterocycles. The van der Waals surface area contributed by atoms with Crippen LogP contribution in [0.25, 0.3) is 0 Å². The van der Waals surface area contributed by atoms with Crippen LogP contribution < -0.4 is 10.7 Å². The molecule has 2 N–H and O–H groups in total. The largest absolute Gasteiger partial charge is 0.382 e. The van der Waals surface area contributed by atoms with Crippen LogP contribution in [0.5, 0.6) is 0 Å². The van der Waals surface area contributed by atoms with Crippen LogP contribution in [-0.2, 0) is 14.3 Å². The van der Waals surface area contributed by atoms with Gasteiger partial charge < -0.3 is 10.1 Å². The summed E-state index contributed by atoms with van der Waals surface area (Å²) in [5.41, 5.74) is 2.19. The van der Waals surface area contributed by atoms with E-state index in [1.165, 1.54) is 0 Å². The molecule has 0 bridgehead atoms. The van der Waals surface area contributed by atoms with Gasteiger partial charge in [0.1, 0.15) is 5.71 Å². The molecule has 0 atom stereocenters. The molecule has 0 radical (unpaired) electrons. The van der Waals surface area contributed by atoms with E-state index in [1.54, 1.807) is 7.11 Å². The van der Waals surface area contributed by atoms with Crippen molar-refractivity contribution < 1.29 is 14.3 Å². The highest BCUT2D eigenvalue weighted by Crippen LogP contribution is 2.05. The SMILES string of the molecule is COCC(C)(C)NC(=O)C1=NNC(=O)CC1. The van der Waals surface area contributed by atoms with Crippen LogP contribution in [-0.4, -0.2) is 36.8 Å². The summed E-state index contributed by atoms with van der Waals surface area (Å²) in [7, 11) is 1.58. The van der Waals surface area contributed by atoms with Gasteiger partial charge in [-0.15, -0.1) is 0 Å². The van der Waals surface area contributed by atoms with E-state index in [2.05, 4.69) is 15.8 Å². The van der Waals surface area contributed by atoms with Gasteiger partial charge >= 0.3 is 0 Å². The van der Waals surface area contributed by atoms with Gasteiger partial charge in [-0.1, -0.05) is 0 Å². The Morgan fingerprint density at radius 3 is 2.75 bits per heavy atom. The number of ether oxygens (including phenoxy) is 1. The lowest BCUT2D eigenvalue weighted by Crippen LogP contribution is -2.50. The van der Waals surface area contributed by atoms with Crippen LogP contribution >= 0.6 is 0 Å². The second kappa shape index (κ2) is 5.07. The van der Waals surface area contributed by atoms with Gasteiger partial charge in [0, 0.05) is 20.0 Å². The molecule has 2 amide bonds. The van der Waals surface area contributed by atoms with Gasteiger partial charge in [0.05, 0.1) is 12.1 Å². The van der Waals surface area contributed by atoms with Crippen molar-refractivity contribution in [1.82, 2.24) is 10.7 Å². The molecule has 0 aromatic rings. The van der Waals surface area contributed by atoms with Crippen LogP contribution in [0.1, 0.15) is 26.7 Å². The Morgan fingerprint density at radius 2 is 2.25 bits per heavy atom. The van der Waals surface area contributed by atoms with Crippen molar-refractivity contribution in [3.8, 4) is 0 Å². The third-order valence-electron chi connectivity index (χ3n) is 2.12. The number of nitrogens with zero attached hydrogens (tertiary/aromatic N) is 1. The fraction of sp³-hybridized carbons (Fsp3) is 0.700. The Kier molecular flexibility index (Phi) is 4.00. The summed E-state index contributed by atoms with van der Waals surface area (Å²) in [6.07, 6.45) is 0.678. The monoisotopic (exact) mass is 227 g/mol. The molecular formula is C10H17N3O3. The highest BCUT2D eigenvalue weighted by Gasteiger charge is 2.25. The minimum Gasteiger partial charge on any atom is -0.382 e. The van der Waals surface area contributed by atoms with E-state index in [1.807, 2.05) is 13.8 Å². The maximum atomic E-state index is 11.7. The van der Waals surface area contributed by atoms with Crippen molar-refractivity contribution in [3.05, 3.63) is 0 Å². The first kappa shape index (κ1) is 12.6. The van der Waals surface area contributed by atoms with Crippen molar-refractivity contribution >= 4 is 17.5 Å². The lowest BCUT2D eigenvalue weighted by molar-refractivity contribution is -0.121. The molecule has 0 spiro atoms. The van der Waals surface area contributed by atoms with E-state index in [0.29, 0.717) is 25.2 Å². The van der Waals surface area contributed by atoms with Crippen molar-refractivity contribution in [2.24, 2.45) is 5.10 Å². The third kappa shape index (κ3) is 3.62. The first-order valence-corrected chi connectivity index (χ1v) is 5.11. The quantitative estimate of drug-likeness (QED) is 0.697. The molecule has 0 unspecified atom stereocenters. The molecule has 90 valence electrons. The molecule has 1 rings (SSSR count). The molecule has 0 saturated heterocycles. The summed E-state index contributed by atoms with van der Waals surface area (Å²) >= 11 is 0. The second-order valence-electron chi connectivity index (χ2n) is 4.36. The van der Waals surface area contributed by atoms with E-state index in [4.69, 9.17) is 4.74 Å². The normalized spacial score (nSPS) is 16.4. The molecule has 1 aliphatic rings. The number of hydrazone groups is 1. The number of hydrogen-bond acceptors (Lipinski definition) is 4. The van der Waals surface area contributed by atoms with E-state index in [-0.39, 0.29) is 11.8 Å². The molecule has 0 saturated carbocycles. The summed E-state index contributed by atoms with van der Waals surface area (Å²) in [6.45, 7) is 4.13. The molecule has 0 aromatic carbocycles. The average molecular weight is 227 g/mol. The summed E-state index contributed by atoms with van der Waals surface area (Å²) < 4.78 is 4.99. The van der Waals surface area contributed by atoms with Crippen LogP contribution in [0.2, 0.25) is 0 Å². The Hall–Kier alpha value is -1.43. The number of nitrogens with one attached hydrogen (secondary N) is 2. The van der Waals surface area contributed by atoms with Gasteiger partial charge in [0.15, 0.2) is 0 Å². The molecule has 6 nitrogen and oxygen atoms in total. The van der Waals surface area contributed by atoms with Gasteiger partial charge in [-0.2, -0.15) is 5.10 Å². The van der Waals surface area contributed by atoms with E-state index in [9.17, 15) is 9.59 Å². The van der Waals surface area contributed by atoms with Crippen molar-refractivity contribution in [2.75, 3.05) is 13.7 Å². The zero-order valence-electron chi connectivity index (χ0n) is 9.79. The Balaban J connectivity index is 2.55. The molecule has 1 heterocycles. The van der Waals surface area contributed by atoms with Gasteiger partial charge in [-0.3, -0.25) is 9.59 Å². The minimum absolute atomic E-state index is 0.160. The Morgan fingerprint density at radius 1 is 1.56 bits per heavy atom. The fourth-order valence-electron chi connectivity index (χ4n) is 1.41. The standard InChI is InChI=1S/C10H17N3O3/c1-10(2,6-16-3)11-9(15)7-4-5-8(14)13-12-7/h4-6H2,1-3H3,(H,11,15)(H,13,14). The number of carbonyl (C=O) groups excluding carboxylic acids is 2.